The van der Waals surface area contributed by atoms with Crippen molar-refractivity contribution in [3.8, 4) is 0 Å². The number of hydrogen-bond donors (Lipinski definition) is 1. The van der Waals surface area contributed by atoms with Gasteiger partial charge in [-0.1, -0.05) is 0 Å². The predicted octanol–water partition coefficient (Wildman–Crippen LogP) is -0.468. The molecule has 0 bridgehead atoms. The monoisotopic (exact) mass is 313 g/mol. The van der Waals surface area contributed by atoms with Crippen LogP contribution in [0.2, 0.25) is 0 Å². The molecular formula is C13H23N5O2S. The summed E-state index contributed by atoms with van der Waals surface area (Å²) in [6, 6.07) is 2.90. The van der Waals surface area contributed by atoms with Gasteiger partial charge in [-0.05, 0) is 20.2 Å². The van der Waals surface area contributed by atoms with Crippen molar-refractivity contribution >= 4 is 15.8 Å². The minimum Gasteiger partial charge on any atom is -0.384 e. The molecule has 118 valence electrons. The SMILES string of the molecule is CN(C)CCN1CCN(S(=O)(=O)c2ccnc(N)c2)CC1. The summed E-state index contributed by atoms with van der Waals surface area (Å²) in [6.45, 7) is 4.48. The van der Waals surface area contributed by atoms with Gasteiger partial charge in [0.05, 0.1) is 4.90 Å². The zero-order valence-electron chi connectivity index (χ0n) is 12.6. The van der Waals surface area contributed by atoms with Crippen LogP contribution < -0.4 is 5.73 Å². The molecule has 1 aromatic heterocycles. The van der Waals surface area contributed by atoms with Gasteiger partial charge in [-0.25, -0.2) is 13.4 Å². The van der Waals surface area contributed by atoms with Gasteiger partial charge in [0, 0.05) is 51.5 Å². The third-order valence-corrected chi connectivity index (χ3v) is 5.48. The molecule has 2 rings (SSSR count). The summed E-state index contributed by atoms with van der Waals surface area (Å²) in [7, 11) is 0.610. The fourth-order valence-corrected chi connectivity index (χ4v) is 3.72. The van der Waals surface area contributed by atoms with E-state index in [9.17, 15) is 8.42 Å². The lowest BCUT2D eigenvalue weighted by Gasteiger charge is -2.34. The van der Waals surface area contributed by atoms with Crippen molar-refractivity contribution in [1.29, 1.82) is 0 Å². The lowest BCUT2D eigenvalue weighted by molar-refractivity contribution is 0.174. The van der Waals surface area contributed by atoms with Crippen molar-refractivity contribution < 1.29 is 8.42 Å². The zero-order valence-corrected chi connectivity index (χ0v) is 13.4. The fraction of sp³-hybridized carbons (Fsp3) is 0.615. The van der Waals surface area contributed by atoms with E-state index in [1.807, 2.05) is 14.1 Å². The van der Waals surface area contributed by atoms with Crippen molar-refractivity contribution in [3.63, 3.8) is 0 Å². The average molecular weight is 313 g/mol. The molecule has 21 heavy (non-hydrogen) atoms. The molecule has 0 unspecified atom stereocenters. The Morgan fingerprint density at radius 1 is 1.29 bits per heavy atom. The van der Waals surface area contributed by atoms with Crippen molar-refractivity contribution in [1.82, 2.24) is 19.1 Å². The van der Waals surface area contributed by atoms with Crippen molar-refractivity contribution in [2.45, 2.75) is 4.90 Å². The standard InChI is InChI=1S/C13H23N5O2S/c1-16(2)5-6-17-7-9-18(10-8-17)21(19,20)12-3-4-15-13(14)11-12/h3-4,11H,5-10H2,1-2H3,(H2,14,15). The molecule has 8 heteroatoms. The Labute approximate surface area is 126 Å². The van der Waals surface area contributed by atoms with Gasteiger partial charge in [0.2, 0.25) is 10.0 Å². The van der Waals surface area contributed by atoms with E-state index in [0.717, 1.165) is 26.2 Å². The van der Waals surface area contributed by atoms with Gasteiger partial charge in [0.15, 0.2) is 0 Å². The summed E-state index contributed by atoms with van der Waals surface area (Å²) in [5, 5.41) is 0. The first-order chi connectivity index (χ1) is 9.89. The highest BCUT2D eigenvalue weighted by molar-refractivity contribution is 7.89. The third-order valence-electron chi connectivity index (χ3n) is 3.59. The lowest BCUT2D eigenvalue weighted by Crippen LogP contribution is -2.49. The van der Waals surface area contributed by atoms with Gasteiger partial charge < -0.3 is 10.6 Å². The molecule has 0 aliphatic carbocycles. The Kier molecular flexibility index (Phi) is 5.15. The van der Waals surface area contributed by atoms with Gasteiger partial charge >= 0.3 is 0 Å². The van der Waals surface area contributed by atoms with Crippen LogP contribution in [0.5, 0.6) is 0 Å². The molecule has 7 nitrogen and oxygen atoms in total. The van der Waals surface area contributed by atoms with E-state index in [4.69, 9.17) is 5.73 Å². The molecule has 2 N–H and O–H groups in total. The zero-order chi connectivity index (χ0) is 15.5. The molecule has 0 spiro atoms. The molecule has 0 atom stereocenters. The van der Waals surface area contributed by atoms with E-state index in [-0.39, 0.29) is 10.7 Å². The number of nitrogens with two attached hydrogens (primary N) is 1. The van der Waals surface area contributed by atoms with Crippen LogP contribution in [-0.2, 0) is 10.0 Å². The van der Waals surface area contributed by atoms with Gasteiger partial charge in [0.25, 0.3) is 0 Å². The van der Waals surface area contributed by atoms with Gasteiger partial charge in [-0.15, -0.1) is 0 Å². The first-order valence-corrected chi connectivity index (χ1v) is 8.42. The van der Waals surface area contributed by atoms with Crippen LogP contribution in [-0.4, -0.2) is 80.9 Å². The smallest absolute Gasteiger partial charge is 0.243 e. The molecule has 1 aliphatic heterocycles. The Morgan fingerprint density at radius 2 is 1.95 bits per heavy atom. The Bertz CT molecular complexity index is 568. The number of hydrogen-bond acceptors (Lipinski definition) is 6. The number of anilines is 1. The maximum Gasteiger partial charge on any atom is 0.243 e. The fourth-order valence-electron chi connectivity index (χ4n) is 2.27. The number of nitrogen functional groups attached to an aromatic ring is 1. The largest absolute Gasteiger partial charge is 0.384 e. The molecule has 0 amide bonds. The summed E-state index contributed by atoms with van der Waals surface area (Å²) >= 11 is 0. The highest BCUT2D eigenvalue weighted by atomic mass is 32.2. The Balaban J connectivity index is 1.98. The molecule has 0 saturated carbocycles. The lowest BCUT2D eigenvalue weighted by atomic mass is 10.3. The molecule has 1 saturated heterocycles. The number of likely N-dealkylation sites (N-methyl/N-ethyl adjacent to an activating group) is 1. The van der Waals surface area contributed by atoms with Gasteiger partial charge in [0.1, 0.15) is 5.82 Å². The van der Waals surface area contributed by atoms with E-state index in [0.29, 0.717) is 13.1 Å². The Morgan fingerprint density at radius 3 is 2.52 bits per heavy atom. The number of rotatable bonds is 5. The maximum absolute atomic E-state index is 12.5. The van der Waals surface area contributed by atoms with E-state index in [1.165, 1.54) is 22.6 Å². The minimum absolute atomic E-state index is 0.219. The molecule has 2 heterocycles. The van der Waals surface area contributed by atoms with Crippen LogP contribution >= 0.6 is 0 Å². The summed E-state index contributed by atoms with van der Waals surface area (Å²) in [5.41, 5.74) is 5.57. The molecule has 1 aliphatic rings. The molecular weight excluding hydrogens is 290 g/mol. The van der Waals surface area contributed by atoms with Crippen LogP contribution in [0, 0.1) is 0 Å². The minimum atomic E-state index is -3.46. The van der Waals surface area contributed by atoms with Crippen LogP contribution in [0.3, 0.4) is 0 Å². The second kappa shape index (κ2) is 6.69. The van der Waals surface area contributed by atoms with Crippen LogP contribution in [0.15, 0.2) is 23.2 Å². The van der Waals surface area contributed by atoms with E-state index >= 15 is 0 Å². The van der Waals surface area contributed by atoms with Crippen molar-refractivity contribution in [3.05, 3.63) is 18.3 Å². The molecule has 0 aromatic carbocycles. The first-order valence-electron chi connectivity index (χ1n) is 6.98. The van der Waals surface area contributed by atoms with E-state index in [1.54, 1.807) is 0 Å². The van der Waals surface area contributed by atoms with Crippen molar-refractivity contribution in [2.75, 3.05) is 59.1 Å². The molecule has 0 radical (unpaired) electrons. The average Bonchev–Trinajstić information content (AvgIpc) is 2.45. The topological polar surface area (TPSA) is 82.8 Å². The summed E-state index contributed by atoms with van der Waals surface area (Å²) in [5.74, 6) is 0.223. The van der Waals surface area contributed by atoms with Gasteiger partial charge in [-0.3, -0.25) is 4.90 Å². The number of aromatic nitrogens is 1. The number of piperazine rings is 1. The number of sulfonamides is 1. The third kappa shape index (κ3) is 4.13. The first kappa shape index (κ1) is 16.2. The second-order valence-electron chi connectivity index (χ2n) is 5.47. The second-order valence-corrected chi connectivity index (χ2v) is 7.40. The normalized spacial score (nSPS) is 18.2. The van der Waals surface area contributed by atoms with Crippen LogP contribution in [0.4, 0.5) is 5.82 Å². The van der Waals surface area contributed by atoms with Crippen LogP contribution in [0.25, 0.3) is 0 Å². The summed E-state index contributed by atoms with van der Waals surface area (Å²) < 4.78 is 26.6. The van der Waals surface area contributed by atoms with Gasteiger partial charge in [-0.2, -0.15) is 4.31 Å². The van der Waals surface area contributed by atoms with E-state index < -0.39 is 10.0 Å². The Hall–Kier alpha value is -1.22. The quantitative estimate of drug-likeness (QED) is 0.791. The summed E-state index contributed by atoms with van der Waals surface area (Å²) in [6.07, 6.45) is 1.43. The highest BCUT2D eigenvalue weighted by Gasteiger charge is 2.28. The van der Waals surface area contributed by atoms with Crippen molar-refractivity contribution in [2.24, 2.45) is 0 Å². The predicted molar refractivity (Wildman–Crippen MR) is 82.4 cm³/mol. The molecule has 1 aromatic rings. The highest BCUT2D eigenvalue weighted by Crippen LogP contribution is 2.18. The molecule has 1 fully saturated rings. The van der Waals surface area contributed by atoms with Crippen LogP contribution in [0.1, 0.15) is 0 Å². The number of nitrogens with zero attached hydrogens (tertiary/aromatic N) is 4. The van der Waals surface area contributed by atoms with E-state index in [2.05, 4.69) is 14.8 Å². The summed E-state index contributed by atoms with van der Waals surface area (Å²) in [4.78, 5) is 8.46. The maximum atomic E-state index is 12.5. The number of pyridine rings is 1.